The van der Waals surface area contributed by atoms with E-state index in [2.05, 4.69) is 6.92 Å². The maximum Gasteiger partial charge on any atom is 0.347 e. The standard InChI is InChI=1S/C25H20O5/c1-3-16-8-10-17(11-9-16)14-23-24(26)19-13-12-18(15-22(19)30-23)29-25(27)20-6-4-5-7-21(20)28-2/h4-15H,3H2,1-2H3/b23-14-. The van der Waals surface area contributed by atoms with Crippen LogP contribution in [0.4, 0.5) is 0 Å². The Hall–Kier alpha value is -3.86. The minimum Gasteiger partial charge on any atom is -0.496 e. The third kappa shape index (κ3) is 3.82. The van der Waals surface area contributed by atoms with Gasteiger partial charge in [0.15, 0.2) is 5.76 Å². The molecule has 0 aromatic heterocycles. The molecule has 0 amide bonds. The predicted octanol–water partition coefficient (Wildman–Crippen LogP) is 5.09. The van der Waals surface area contributed by atoms with E-state index in [1.165, 1.54) is 12.7 Å². The average Bonchev–Trinajstić information content (AvgIpc) is 3.08. The zero-order valence-corrected chi connectivity index (χ0v) is 16.7. The Morgan fingerprint density at radius 2 is 1.80 bits per heavy atom. The van der Waals surface area contributed by atoms with Crippen LogP contribution in [0.1, 0.15) is 38.8 Å². The molecule has 4 rings (SSSR count). The highest BCUT2D eigenvalue weighted by atomic mass is 16.5. The number of benzene rings is 3. The van der Waals surface area contributed by atoms with E-state index in [0.29, 0.717) is 22.6 Å². The van der Waals surface area contributed by atoms with Gasteiger partial charge in [0.05, 0.1) is 12.7 Å². The SMILES string of the molecule is CCc1ccc(/C=C2\Oc3cc(OC(=O)c4ccccc4OC)ccc3C2=O)cc1. The molecule has 0 spiro atoms. The van der Waals surface area contributed by atoms with E-state index in [1.807, 2.05) is 24.3 Å². The molecule has 3 aromatic carbocycles. The molecule has 0 atom stereocenters. The summed E-state index contributed by atoms with van der Waals surface area (Å²) in [4.78, 5) is 25.1. The molecule has 0 fully saturated rings. The van der Waals surface area contributed by atoms with Crippen molar-refractivity contribution in [3.8, 4) is 17.2 Å². The molecule has 0 radical (unpaired) electrons. The summed E-state index contributed by atoms with van der Waals surface area (Å²) in [5.41, 5.74) is 2.85. The van der Waals surface area contributed by atoms with Crippen LogP contribution >= 0.6 is 0 Å². The van der Waals surface area contributed by atoms with Crippen LogP contribution in [0.25, 0.3) is 6.08 Å². The van der Waals surface area contributed by atoms with Gasteiger partial charge in [-0.3, -0.25) is 4.79 Å². The zero-order valence-electron chi connectivity index (χ0n) is 16.7. The quantitative estimate of drug-likeness (QED) is 0.339. The second-order valence-corrected chi connectivity index (χ2v) is 6.78. The number of ether oxygens (including phenoxy) is 3. The molecule has 5 nitrogen and oxygen atoms in total. The molecule has 0 unspecified atom stereocenters. The summed E-state index contributed by atoms with van der Waals surface area (Å²) >= 11 is 0. The largest absolute Gasteiger partial charge is 0.496 e. The van der Waals surface area contributed by atoms with E-state index in [9.17, 15) is 9.59 Å². The van der Waals surface area contributed by atoms with Crippen molar-refractivity contribution >= 4 is 17.8 Å². The molecule has 0 saturated carbocycles. The highest BCUT2D eigenvalue weighted by molar-refractivity contribution is 6.14. The number of allylic oxidation sites excluding steroid dienone is 1. The fourth-order valence-corrected chi connectivity index (χ4v) is 3.21. The number of rotatable bonds is 5. The number of Topliss-reactive ketones (excluding diaryl/α,β-unsaturated/α-hetero) is 1. The Morgan fingerprint density at radius 3 is 2.53 bits per heavy atom. The Kier molecular flexibility index (Phi) is 5.35. The van der Waals surface area contributed by atoms with E-state index in [-0.39, 0.29) is 17.3 Å². The highest BCUT2D eigenvalue weighted by Crippen LogP contribution is 2.35. The highest BCUT2D eigenvalue weighted by Gasteiger charge is 2.28. The van der Waals surface area contributed by atoms with Crippen molar-refractivity contribution in [2.45, 2.75) is 13.3 Å². The second-order valence-electron chi connectivity index (χ2n) is 6.78. The van der Waals surface area contributed by atoms with Crippen LogP contribution in [0.5, 0.6) is 17.2 Å². The molecule has 1 heterocycles. The van der Waals surface area contributed by atoms with Gasteiger partial charge in [-0.15, -0.1) is 0 Å². The van der Waals surface area contributed by atoms with Gasteiger partial charge < -0.3 is 14.2 Å². The predicted molar refractivity (Wildman–Crippen MR) is 113 cm³/mol. The van der Waals surface area contributed by atoms with E-state index in [1.54, 1.807) is 48.5 Å². The van der Waals surface area contributed by atoms with Crippen LogP contribution in [0.2, 0.25) is 0 Å². The molecule has 0 bridgehead atoms. The van der Waals surface area contributed by atoms with Gasteiger partial charge in [-0.25, -0.2) is 4.79 Å². The summed E-state index contributed by atoms with van der Waals surface area (Å²) in [6.45, 7) is 2.09. The van der Waals surface area contributed by atoms with Gasteiger partial charge in [-0.1, -0.05) is 43.3 Å². The molecule has 0 N–H and O–H groups in total. The Labute approximate surface area is 174 Å². The van der Waals surface area contributed by atoms with Gasteiger partial charge in [-0.05, 0) is 47.9 Å². The lowest BCUT2D eigenvalue weighted by atomic mass is 10.1. The molecule has 0 saturated heterocycles. The molecule has 1 aliphatic rings. The summed E-state index contributed by atoms with van der Waals surface area (Å²) in [5.74, 6) is 0.556. The maximum absolute atomic E-state index is 12.6. The second kappa shape index (κ2) is 8.25. The van der Waals surface area contributed by atoms with Gasteiger partial charge in [0.25, 0.3) is 0 Å². The van der Waals surface area contributed by atoms with Gasteiger partial charge in [0, 0.05) is 6.07 Å². The zero-order chi connectivity index (χ0) is 21.1. The Morgan fingerprint density at radius 1 is 1.03 bits per heavy atom. The number of carbonyl (C=O) groups is 2. The lowest BCUT2D eigenvalue weighted by Gasteiger charge is -2.08. The van der Waals surface area contributed by atoms with Crippen LogP contribution in [0, 0.1) is 0 Å². The lowest BCUT2D eigenvalue weighted by molar-refractivity contribution is 0.0731. The molecule has 150 valence electrons. The minimum atomic E-state index is -0.552. The summed E-state index contributed by atoms with van der Waals surface area (Å²) in [5, 5.41) is 0. The molecule has 5 heteroatoms. The van der Waals surface area contributed by atoms with Crippen molar-refractivity contribution < 1.29 is 23.8 Å². The van der Waals surface area contributed by atoms with Crippen molar-refractivity contribution in [2.24, 2.45) is 0 Å². The smallest absolute Gasteiger partial charge is 0.347 e. The number of methoxy groups -OCH3 is 1. The van der Waals surface area contributed by atoms with Crippen molar-refractivity contribution in [2.75, 3.05) is 7.11 Å². The molecular weight excluding hydrogens is 380 g/mol. The first-order valence-electron chi connectivity index (χ1n) is 9.61. The average molecular weight is 400 g/mol. The molecular formula is C25H20O5. The van der Waals surface area contributed by atoms with E-state index >= 15 is 0 Å². The summed E-state index contributed by atoms with van der Waals surface area (Å²) in [7, 11) is 1.49. The minimum absolute atomic E-state index is 0.202. The Balaban J connectivity index is 1.54. The van der Waals surface area contributed by atoms with Gasteiger partial charge in [-0.2, -0.15) is 0 Å². The fraction of sp³-hybridized carbons (Fsp3) is 0.120. The number of hydrogen-bond donors (Lipinski definition) is 0. The molecule has 1 aliphatic heterocycles. The first-order chi connectivity index (χ1) is 14.6. The van der Waals surface area contributed by atoms with Crippen LogP contribution < -0.4 is 14.2 Å². The Bertz CT molecular complexity index is 1140. The van der Waals surface area contributed by atoms with Crippen molar-refractivity contribution in [3.63, 3.8) is 0 Å². The van der Waals surface area contributed by atoms with Crippen molar-refractivity contribution in [1.29, 1.82) is 0 Å². The van der Waals surface area contributed by atoms with Gasteiger partial charge >= 0.3 is 5.97 Å². The third-order valence-electron chi connectivity index (χ3n) is 4.86. The number of hydrogen-bond acceptors (Lipinski definition) is 5. The van der Waals surface area contributed by atoms with Crippen molar-refractivity contribution in [1.82, 2.24) is 0 Å². The number of para-hydroxylation sites is 1. The van der Waals surface area contributed by atoms with Gasteiger partial charge in [0.2, 0.25) is 5.78 Å². The summed E-state index contributed by atoms with van der Waals surface area (Å²) < 4.78 is 16.4. The number of ketones is 1. The number of aryl methyl sites for hydroxylation is 1. The molecule has 30 heavy (non-hydrogen) atoms. The monoisotopic (exact) mass is 400 g/mol. The third-order valence-corrected chi connectivity index (χ3v) is 4.86. The van der Waals surface area contributed by atoms with E-state index in [0.717, 1.165) is 12.0 Å². The van der Waals surface area contributed by atoms with E-state index in [4.69, 9.17) is 14.2 Å². The lowest BCUT2D eigenvalue weighted by Crippen LogP contribution is -2.10. The number of esters is 1. The first-order valence-corrected chi connectivity index (χ1v) is 9.61. The number of carbonyl (C=O) groups excluding carboxylic acids is 2. The fourth-order valence-electron chi connectivity index (χ4n) is 3.21. The molecule has 3 aromatic rings. The topological polar surface area (TPSA) is 61.8 Å². The summed E-state index contributed by atoms with van der Waals surface area (Å²) in [6, 6.07) is 19.5. The van der Waals surface area contributed by atoms with Crippen molar-refractivity contribution in [3.05, 3.63) is 94.7 Å². The summed E-state index contributed by atoms with van der Waals surface area (Å²) in [6.07, 6.45) is 2.66. The maximum atomic E-state index is 12.6. The number of fused-ring (bicyclic) bond motifs is 1. The van der Waals surface area contributed by atoms with Crippen LogP contribution in [-0.4, -0.2) is 18.9 Å². The van der Waals surface area contributed by atoms with Gasteiger partial charge in [0.1, 0.15) is 22.8 Å². The van der Waals surface area contributed by atoms with E-state index < -0.39 is 5.97 Å². The van der Waals surface area contributed by atoms with Crippen LogP contribution in [-0.2, 0) is 6.42 Å². The van der Waals surface area contributed by atoms with Crippen LogP contribution in [0.3, 0.4) is 0 Å². The van der Waals surface area contributed by atoms with Crippen LogP contribution in [0.15, 0.2) is 72.5 Å². The molecule has 0 aliphatic carbocycles. The normalized spacial score (nSPS) is 13.7. The first kappa shape index (κ1) is 19.5.